The average Bonchev–Trinajstić information content (AvgIpc) is 2.28. The van der Waals surface area contributed by atoms with E-state index in [1.165, 1.54) is 6.42 Å². The minimum Gasteiger partial charge on any atom is -0.380 e. The van der Waals surface area contributed by atoms with Gasteiger partial charge in [0.2, 0.25) is 5.91 Å². The molecule has 0 aromatic heterocycles. The zero-order valence-corrected chi connectivity index (χ0v) is 10.7. The van der Waals surface area contributed by atoms with Crippen LogP contribution in [0.3, 0.4) is 0 Å². The van der Waals surface area contributed by atoms with Crippen LogP contribution >= 0.6 is 0 Å². The van der Waals surface area contributed by atoms with Gasteiger partial charge in [0.25, 0.3) is 0 Å². The Morgan fingerprint density at radius 1 is 1.56 bits per heavy atom. The van der Waals surface area contributed by atoms with Crippen molar-refractivity contribution in [3.05, 3.63) is 0 Å². The average molecular weight is 228 g/mol. The Balaban J connectivity index is 2.31. The molecule has 1 fully saturated rings. The predicted molar refractivity (Wildman–Crippen MR) is 64.3 cm³/mol. The maximum atomic E-state index is 12.0. The Labute approximate surface area is 98.3 Å². The molecule has 4 nitrogen and oxygen atoms in total. The van der Waals surface area contributed by atoms with E-state index < -0.39 is 0 Å². The monoisotopic (exact) mass is 228 g/mol. The van der Waals surface area contributed by atoms with Gasteiger partial charge in [-0.25, -0.2) is 0 Å². The molecule has 1 aliphatic heterocycles. The number of hydrogen-bond acceptors (Lipinski definition) is 3. The number of carbonyl (C=O) groups excluding carboxylic acids is 1. The van der Waals surface area contributed by atoms with E-state index in [0.29, 0.717) is 25.7 Å². The van der Waals surface area contributed by atoms with Gasteiger partial charge in [-0.05, 0) is 32.2 Å². The molecule has 1 N–H and O–H groups in total. The molecule has 1 saturated heterocycles. The van der Waals surface area contributed by atoms with Crippen molar-refractivity contribution in [1.82, 2.24) is 10.2 Å². The van der Waals surface area contributed by atoms with E-state index in [0.717, 1.165) is 13.0 Å². The van der Waals surface area contributed by atoms with E-state index in [9.17, 15) is 4.79 Å². The van der Waals surface area contributed by atoms with E-state index >= 15 is 0 Å². The predicted octanol–water partition coefficient (Wildman–Crippen LogP) is 0.869. The second kappa shape index (κ2) is 6.86. The lowest BCUT2D eigenvalue weighted by Gasteiger charge is -2.30. The van der Waals surface area contributed by atoms with Gasteiger partial charge in [0, 0.05) is 20.2 Å². The van der Waals surface area contributed by atoms with Crippen LogP contribution in [0.15, 0.2) is 0 Å². The minimum atomic E-state index is 0.00961. The van der Waals surface area contributed by atoms with Crippen LogP contribution in [0.4, 0.5) is 0 Å². The first-order valence-electron chi connectivity index (χ1n) is 6.21. The van der Waals surface area contributed by atoms with Crippen molar-refractivity contribution in [2.75, 3.05) is 33.4 Å². The summed E-state index contributed by atoms with van der Waals surface area (Å²) < 4.78 is 5.25. The number of amides is 1. The van der Waals surface area contributed by atoms with E-state index in [1.807, 2.05) is 14.0 Å². The molecule has 1 rings (SSSR count). The highest BCUT2D eigenvalue weighted by molar-refractivity contribution is 5.81. The van der Waals surface area contributed by atoms with Gasteiger partial charge in [0.05, 0.1) is 12.6 Å². The fraction of sp³-hybridized carbons (Fsp3) is 0.917. The Morgan fingerprint density at radius 3 is 2.94 bits per heavy atom. The molecule has 0 saturated carbocycles. The van der Waals surface area contributed by atoms with E-state index in [1.54, 1.807) is 4.90 Å². The number of nitrogens with zero attached hydrogens (tertiary/aromatic N) is 1. The summed E-state index contributed by atoms with van der Waals surface area (Å²) in [7, 11) is 1.85. The molecule has 4 heteroatoms. The van der Waals surface area contributed by atoms with Crippen LogP contribution < -0.4 is 5.32 Å². The quantitative estimate of drug-likeness (QED) is 0.710. The molecule has 0 spiro atoms. The molecule has 0 aromatic rings. The molecule has 0 radical (unpaired) electrons. The van der Waals surface area contributed by atoms with Crippen LogP contribution in [0.1, 0.15) is 26.7 Å². The lowest BCUT2D eigenvalue weighted by molar-refractivity contribution is -0.133. The van der Waals surface area contributed by atoms with Crippen molar-refractivity contribution >= 4 is 5.91 Å². The summed E-state index contributed by atoms with van der Waals surface area (Å²) in [6.45, 7) is 7.14. The zero-order valence-electron chi connectivity index (χ0n) is 10.7. The zero-order chi connectivity index (χ0) is 12.0. The normalized spacial score (nSPS) is 25.4. The summed E-state index contributed by atoms with van der Waals surface area (Å²) in [4.78, 5) is 13.8. The number of rotatable bonds is 5. The Kier molecular flexibility index (Phi) is 5.77. The number of likely N-dealkylation sites (N-methyl/N-ethyl adjacent to an activating group) is 1. The molecule has 16 heavy (non-hydrogen) atoms. The van der Waals surface area contributed by atoms with Gasteiger partial charge in [-0.2, -0.15) is 0 Å². The van der Waals surface area contributed by atoms with Gasteiger partial charge in [0.1, 0.15) is 0 Å². The molecule has 0 aliphatic carbocycles. The van der Waals surface area contributed by atoms with Gasteiger partial charge in [-0.15, -0.1) is 0 Å². The summed E-state index contributed by atoms with van der Waals surface area (Å²) in [5.41, 5.74) is 0. The van der Waals surface area contributed by atoms with Gasteiger partial charge >= 0.3 is 0 Å². The number of ether oxygens (including phenoxy) is 1. The SMILES string of the molecule is CCOCCN(C)C(=O)C1CC(C)CCN1. The molecule has 1 amide bonds. The standard InChI is InChI=1S/C12H24N2O2/c1-4-16-8-7-14(3)12(15)11-9-10(2)5-6-13-11/h10-11,13H,4-9H2,1-3H3. The van der Waals surface area contributed by atoms with Crippen molar-refractivity contribution in [3.63, 3.8) is 0 Å². The van der Waals surface area contributed by atoms with E-state index in [4.69, 9.17) is 4.74 Å². The van der Waals surface area contributed by atoms with Crippen LogP contribution in [0.25, 0.3) is 0 Å². The first-order valence-corrected chi connectivity index (χ1v) is 6.21. The van der Waals surface area contributed by atoms with Crippen molar-refractivity contribution in [1.29, 1.82) is 0 Å². The fourth-order valence-corrected chi connectivity index (χ4v) is 2.02. The third-order valence-corrected chi connectivity index (χ3v) is 3.12. The molecule has 1 heterocycles. The fourth-order valence-electron chi connectivity index (χ4n) is 2.02. The Hall–Kier alpha value is -0.610. The molecule has 2 atom stereocenters. The third-order valence-electron chi connectivity index (χ3n) is 3.12. The van der Waals surface area contributed by atoms with Gasteiger partial charge in [0.15, 0.2) is 0 Å². The first kappa shape index (κ1) is 13.5. The molecule has 0 aromatic carbocycles. The highest BCUT2D eigenvalue weighted by Gasteiger charge is 2.26. The number of piperidine rings is 1. The molecule has 0 bridgehead atoms. The summed E-state index contributed by atoms with van der Waals surface area (Å²) in [5, 5.41) is 3.29. The summed E-state index contributed by atoms with van der Waals surface area (Å²) >= 11 is 0. The molecular weight excluding hydrogens is 204 g/mol. The van der Waals surface area contributed by atoms with Crippen LogP contribution in [0, 0.1) is 5.92 Å². The van der Waals surface area contributed by atoms with Gasteiger partial charge in [-0.3, -0.25) is 4.79 Å². The van der Waals surface area contributed by atoms with E-state index in [2.05, 4.69) is 12.2 Å². The maximum absolute atomic E-state index is 12.0. The highest BCUT2D eigenvalue weighted by atomic mass is 16.5. The van der Waals surface area contributed by atoms with Gasteiger partial charge < -0.3 is 15.0 Å². The summed E-state index contributed by atoms with van der Waals surface area (Å²) in [6.07, 6.45) is 2.13. The van der Waals surface area contributed by atoms with E-state index in [-0.39, 0.29) is 11.9 Å². The smallest absolute Gasteiger partial charge is 0.239 e. The summed E-state index contributed by atoms with van der Waals surface area (Å²) in [6, 6.07) is 0.00961. The lowest BCUT2D eigenvalue weighted by Crippen LogP contribution is -2.49. The molecular formula is C12H24N2O2. The van der Waals surface area contributed by atoms with Gasteiger partial charge in [-0.1, -0.05) is 6.92 Å². The van der Waals surface area contributed by atoms with Crippen molar-refractivity contribution in [2.45, 2.75) is 32.7 Å². The lowest BCUT2D eigenvalue weighted by atomic mass is 9.93. The van der Waals surface area contributed by atoms with Crippen LogP contribution in [-0.4, -0.2) is 50.2 Å². The van der Waals surface area contributed by atoms with Crippen LogP contribution in [-0.2, 0) is 9.53 Å². The highest BCUT2D eigenvalue weighted by Crippen LogP contribution is 2.16. The van der Waals surface area contributed by atoms with Crippen LogP contribution in [0.5, 0.6) is 0 Å². The second-order valence-electron chi connectivity index (χ2n) is 4.59. The number of hydrogen-bond donors (Lipinski definition) is 1. The van der Waals surface area contributed by atoms with Crippen molar-refractivity contribution in [3.8, 4) is 0 Å². The van der Waals surface area contributed by atoms with Crippen molar-refractivity contribution < 1.29 is 9.53 Å². The summed E-state index contributed by atoms with van der Waals surface area (Å²) in [5.74, 6) is 0.849. The molecule has 2 unspecified atom stereocenters. The molecule has 94 valence electrons. The maximum Gasteiger partial charge on any atom is 0.239 e. The Bertz CT molecular complexity index is 221. The number of nitrogens with one attached hydrogen (secondary N) is 1. The molecule has 1 aliphatic rings. The Morgan fingerprint density at radius 2 is 2.31 bits per heavy atom. The number of carbonyl (C=O) groups is 1. The van der Waals surface area contributed by atoms with Crippen LogP contribution in [0.2, 0.25) is 0 Å². The van der Waals surface area contributed by atoms with Crippen molar-refractivity contribution in [2.24, 2.45) is 5.92 Å². The minimum absolute atomic E-state index is 0.00961. The topological polar surface area (TPSA) is 41.6 Å². The largest absolute Gasteiger partial charge is 0.380 e. The first-order chi connectivity index (χ1) is 7.65. The second-order valence-corrected chi connectivity index (χ2v) is 4.59. The third kappa shape index (κ3) is 4.10.